The Hall–Kier alpha value is -3.99. The molecule has 0 aliphatic carbocycles. The molecule has 1 aliphatic heterocycles. The van der Waals surface area contributed by atoms with E-state index in [0.717, 1.165) is 5.56 Å². The number of nitriles is 1. The first-order valence-electron chi connectivity index (χ1n) is 10.5. The summed E-state index contributed by atoms with van der Waals surface area (Å²) in [5.41, 5.74) is 8.91. The van der Waals surface area contributed by atoms with Crippen molar-refractivity contribution < 1.29 is 13.9 Å². The molecule has 174 valence electrons. The third-order valence-electron chi connectivity index (χ3n) is 5.89. The molecule has 0 fully saturated rings. The van der Waals surface area contributed by atoms with Gasteiger partial charge in [-0.15, -0.1) is 0 Å². The number of allylic oxidation sites excluding steroid dienone is 1. The highest BCUT2D eigenvalue weighted by atomic mass is 35.5. The average Bonchev–Trinajstić information content (AvgIpc) is 2.83. The topological polar surface area (TPSA) is 111 Å². The minimum Gasteiger partial charge on any atom is -0.496 e. The third-order valence-corrected chi connectivity index (χ3v) is 6.41. The zero-order chi connectivity index (χ0) is 24.9. The van der Waals surface area contributed by atoms with E-state index in [1.165, 1.54) is 19.4 Å². The molecule has 0 saturated heterocycles. The fourth-order valence-corrected chi connectivity index (χ4v) is 4.76. The van der Waals surface area contributed by atoms with Gasteiger partial charge in [-0.05, 0) is 42.8 Å². The molecule has 0 saturated carbocycles. The van der Waals surface area contributed by atoms with Crippen LogP contribution >= 0.6 is 23.2 Å². The molecular formula is C26H17Cl2N3O4. The molecule has 2 aromatic carbocycles. The Labute approximate surface area is 209 Å². The van der Waals surface area contributed by atoms with Crippen LogP contribution < -0.4 is 20.8 Å². The van der Waals surface area contributed by atoms with Gasteiger partial charge in [0.15, 0.2) is 5.75 Å². The maximum atomic E-state index is 13.2. The van der Waals surface area contributed by atoms with Crippen LogP contribution in [-0.4, -0.2) is 12.1 Å². The van der Waals surface area contributed by atoms with E-state index in [0.29, 0.717) is 38.4 Å². The van der Waals surface area contributed by atoms with Crippen molar-refractivity contribution >= 4 is 34.2 Å². The zero-order valence-corrected chi connectivity index (χ0v) is 20.1. The molecule has 5 rings (SSSR count). The van der Waals surface area contributed by atoms with E-state index in [2.05, 4.69) is 11.1 Å². The number of ether oxygens (including phenoxy) is 2. The summed E-state index contributed by atoms with van der Waals surface area (Å²) in [4.78, 5) is 17.3. The van der Waals surface area contributed by atoms with Gasteiger partial charge in [0, 0.05) is 17.3 Å². The smallest absolute Gasteiger partial charge is 0.344 e. The molecule has 2 aromatic heterocycles. The number of fused-ring (bicyclic) bond motifs is 3. The van der Waals surface area contributed by atoms with E-state index in [4.69, 9.17) is 42.8 Å². The monoisotopic (exact) mass is 505 g/mol. The second-order valence-corrected chi connectivity index (χ2v) is 8.80. The highest BCUT2D eigenvalue weighted by Crippen LogP contribution is 2.46. The van der Waals surface area contributed by atoms with Crippen molar-refractivity contribution in [1.29, 1.82) is 5.26 Å². The van der Waals surface area contributed by atoms with E-state index in [9.17, 15) is 10.1 Å². The van der Waals surface area contributed by atoms with Crippen molar-refractivity contribution in [3.05, 3.63) is 97.4 Å². The first-order valence-corrected chi connectivity index (χ1v) is 11.2. The van der Waals surface area contributed by atoms with E-state index >= 15 is 0 Å². The number of hydrogen-bond acceptors (Lipinski definition) is 7. The number of nitrogens with zero attached hydrogens (tertiary/aromatic N) is 2. The van der Waals surface area contributed by atoms with Gasteiger partial charge in [-0.1, -0.05) is 40.9 Å². The maximum Gasteiger partial charge on any atom is 0.344 e. The van der Waals surface area contributed by atoms with Crippen LogP contribution in [-0.2, 0) is 0 Å². The van der Waals surface area contributed by atoms with E-state index in [1.807, 2.05) is 19.1 Å². The molecule has 35 heavy (non-hydrogen) atoms. The van der Waals surface area contributed by atoms with E-state index < -0.39 is 11.5 Å². The molecule has 2 N–H and O–H groups in total. The van der Waals surface area contributed by atoms with Gasteiger partial charge in [0.25, 0.3) is 0 Å². The minimum atomic E-state index is -0.839. The van der Waals surface area contributed by atoms with Crippen LogP contribution in [0, 0.1) is 18.3 Å². The lowest BCUT2D eigenvalue weighted by Crippen LogP contribution is -2.26. The van der Waals surface area contributed by atoms with Crippen LogP contribution in [0.3, 0.4) is 0 Å². The number of halogens is 2. The summed E-state index contributed by atoms with van der Waals surface area (Å²) < 4.78 is 17.0. The number of pyridine rings is 1. The molecule has 0 bridgehead atoms. The number of benzene rings is 2. The predicted octanol–water partition coefficient (Wildman–Crippen LogP) is 5.70. The van der Waals surface area contributed by atoms with Crippen LogP contribution in [0.4, 0.5) is 0 Å². The van der Waals surface area contributed by atoms with Crippen LogP contribution in [0.1, 0.15) is 22.6 Å². The lowest BCUT2D eigenvalue weighted by Gasteiger charge is -2.26. The lowest BCUT2D eigenvalue weighted by atomic mass is 9.82. The summed E-state index contributed by atoms with van der Waals surface area (Å²) in [5, 5.41) is 11.2. The minimum absolute atomic E-state index is 0.0815. The molecule has 1 unspecified atom stereocenters. The summed E-state index contributed by atoms with van der Waals surface area (Å²) in [6.07, 6.45) is 1.53. The molecule has 0 spiro atoms. The lowest BCUT2D eigenvalue weighted by molar-refractivity contribution is 0.388. The first-order chi connectivity index (χ1) is 16.8. The van der Waals surface area contributed by atoms with Crippen molar-refractivity contribution in [2.45, 2.75) is 12.8 Å². The van der Waals surface area contributed by atoms with Gasteiger partial charge in [-0.3, -0.25) is 0 Å². The highest BCUT2D eigenvalue weighted by molar-refractivity contribution is 6.35. The van der Waals surface area contributed by atoms with Crippen LogP contribution in [0.25, 0.3) is 22.1 Å². The van der Waals surface area contributed by atoms with Crippen molar-refractivity contribution in [2.24, 2.45) is 5.73 Å². The van der Waals surface area contributed by atoms with E-state index in [1.54, 1.807) is 24.3 Å². The molecule has 0 radical (unpaired) electrons. The fraction of sp³-hybridized carbons (Fsp3) is 0.115. The number of hydrogen-bond donors (Lipinski definition) is 1. The van der Waals surface area contributed by atoms with Crippen LogP contribution in [0.5, 0.6) is 11.5 Å². The molecule has 4 aromatic rings. The second kappa shape index (κ2) is 8.66. The van der Waals surface area contributed by atoms with Gasteiger partial charge in [0.05, 0.1) is 29.0 Å². The van der Waals surface area contributed by atoms with Gasteiger partial charge in [0.1, 0.15) is 28.1 Å². The Bertz CT molecular complexity index is 1650. The number of aromatic nitrogens is 1. The third kappa shape index (κ3) is 3.77. The number of rotatable bonds is 3. The van der Waals surface area contributed by atoms with Gasteiger partial charge in [0.2, 0.25) is 5.88 Å². The molecule has 9 heteroatoms. The molecule has 0 amide bonds. The molecule has 1 aliphatic rings. The van der Waals surface area contributed by atoms with Crippen molar-refractivity contribution in [3.63, 3.8) is 0 Å². The quantitative estimate of drug-likeness (QED) is 0.280. The van der Waals surface area contributed by atoms with Gasteiger partial charge in [-0.2, -0.15) is 5.26 Å². The normalized spacial score (nSPS) is 14.9. The Balaban J connectivity index is 1.80. The molecule has 7 nitrogen and oxygen atoms in total. The molecule has 1 atom stereocenters. The van der Waals surface area contributed by atoms with Gasteiger partial charge in [-0.25, -0.2) is 9.78 Å². The van der Waals surface area contributed by atoms with Crippen LogP contribution in [0.15, 0.2) is 69.3 Å². The fourth-order valence-electron chi connectivity index (χ4n) is 4.29. The number of aryl methyl sites for hydroxylation is 1. The summed E-state index contributed by atoms with van der Waals surface area (Å²) >= 11 is 12.4. The van der Waals surface area contributed by atoms with E-state index in [-0.39, 0.29) is 27.9 Å². The average molecular weight is 506 g/mol. The predicted molar refractivity (Wildman–Crippen MR) is 133 cm³/mol. The van der Waals surface area contributed by atoms with Crippen molar-refractivity contribution in [2.75, 3.05) is 7.11 Å². The number of methoxy groups -OCH3 is 1. The summed E-state index contributed by atoms with van der Waals surface area (Å²) in [7, 11) is 1.53. The Kier molecular flexibility index (Phi) is 5.64. The SMILES string of the molecule is COc1ccc(C2C(C#N)=C(N)Oc3c2c(=O)oc2ccc(C)cc32)cc1-c1cnc(Cl)cc1Cl. The number of nitrogens with two attached hydrogens (primary N) is 1. The highest BCUT2D eigenvalue weighted by Gasteiger charge is 2.36. The standard InChI is InChI=1S/C26H17Cl2N3O4/c1-12-3-5-20-15(7-12)24-23(26(32)34-20)22(16(10-29)25(30)35-24)13-4-6-19(33-2)14(8-13)17-11-31-21(28)9-18(17)27/h3-9,11,22H,30H2,1-2H3. The Morgan fingerprint density at radius 1 is 1.14 bits per heavy atom. The van der Waals surface area contributed by atoms with Crippen molar-refractivity contribution in [3.8, 4) is 28.7 Å². The summed E-state index contributed by atoms with van der Waals surface area (Å²) in [6.45, 7) is 1.91. The largest absolute Gasteiger partial charge is 0.496 e. The van der Waals surface area contributed by atoms with Crippen LogP contribution in [0.2, 0.25) is 10.2 Å². The Morgan fingerprint density at radius 3 is 2.66 bits per heavy atom. The van der Waals surface area contributed by atoms with Gasteiger partial charge < -0.3 is 19.6 Å². The molecular weight excluding hydrogens is 489 g/mol. The van der Waals surface area contributed by atoms with Gasteiger partial charge >= 0.3 is 5.63 Å². The summed E-state index contributed by atoms with van der Waals surface area (Å²) in [6, 6.07) is 14.3. The Morgan fingerprint density at radius 2 is 1.94 bits per heavy atom. The maximum absolute atomic E-state index is 13.2. The molecule has 3 heterocycles. The summed E-state index contributed by atoms with van der Waals surface area (Å²) in [5.74, 6) is -0.135. The van der Waals surface area contributed by atoms with Crippen molar-refractivity contribution in [1.82, 2.24) is 4.98 Å². The first kappa shape index (κ1) is 22.8. The zero-order valence-electron chi connectivity index (χ0n) is 18.6. The second-order valence-electron chi connectivity index (χ2n) is 8.00.